The highest BCUT2D eigenvalue weighted by Gasteiger charge is 2.32. The zero-order valence-electron chi connectivity index (χ0n) is 19.8. The molecule has 3 heterocycles. The number of aryl methyl sites for hydroxylation is 1. The summed E-state index contributed by atoms with van der Waals surface area (Å²) in [6.07, 6.45) is 8.37. The van der Waals surface area contributed by atoms with Crippen LogP contribution in [0.5, 0.6) is 0 Å². The summed E-state index contributed by atoms with van der Waals surface area (Å²) in [5.41, 5.74) is 1.60. The first-order valence-electron chi connectivity index (χ1n) is 12.3. The van der Waals surface area contributed by atoms with Crippen molar-refractivity contribution < 1.29 is 19.1 Å². The molecule has 8 nitrogen and oxygen atoms in total. The Bertz CT molecular complexity index is 1050. The van der Waals surface area contributed by atoms with E-state index in [9.17, 15) is 9.59 Å². The molecule has 0 bridgehead atoms. The fourth-order valence-corrected chi connectivity index (χ4v) is 6.70. The summed E-state index contributed by atoms with van der Waals surface area (Å²) >= 11 is 2.91. The molecule has 184 valence electrons. The Labute approximate surface area is 208 Å². The molecular formula is C24H32N4O4S2. The Morgan fingerprint density at radius 2 is 2.03 bits per heavy atom. The third kappa shape index (κ3) is 5.33. The van der Waals surface area contributed by atoms with Crippen molar-refractivity contribution >= 4 is 40.0 Å². The van der Waals surface area contributed by atoms with Crippen LogP contribution in [0.15, 0.2) is 5.16 Å². The smallest absolute Gasteiger partial charge is 0.341 e. The van der Waals surface area contributed by atoms with Crippen molar-refractivity contribution in [2.24, 2.45) is 0 Å². The number of rotatable bonds is 9. The monoisotopic (exact) mass is 504 g/mol. The van der Waals surface area contributed by atoms with Crippen LogP contribution in [-0.2, 0) is 33.7 Å². The summed E-state index contributed by atoms with van der Waals surface area (Å²) in [6.45, 7) is 5.23. The number of nitrogens with one attached hydrogen (secondary N) is 1. The van der Waals surface area contributed by atoms with Crippen molar-refractivity contribution in [2.75, 3.05) is 17.7 Å². The summed E-state index contributed by atoms with van der Waals surface area (Å²) in [5, 5.41) is 13.2. The Hall–Kier alpha value is -1.91. The van der Waals surface area contributed by atoms with Gasteiger partial charge in [0.25, 0.3) is 0 Å². The number of carbonyl (C=O) groups is 2. The molecule has 10 heteroatoms. The molecule has 0 radical (unpaired) electrons. The minimum atomic E-state index is -0.345. The standard InChI is InChI=1S/C24H32N4O4S2/c1-14(2)32-23(30)20-17-7-3-4-8-18(17)34-22(20)25-19(29)13-33-24-27-26-21(15-9-10-15)28(24)12-16-6-5-11-31-16/h14-16H,3-13H2,1-2H3,(H,25,29). The molecule has 2 aliphatic carbocycles. The average Bonchev–Trinajstić information content (AvgIpc) is 3.20. The van der Waals surface area contributed by atoms with Gasteiger partial charge < -0.3 is 19.4 Å². The molecule has 5 rings (SSSR count). The van der Waals surface area contributed by atoms with Crippen LogP contribution in [0.1, 0.15) is 84.9 Å². The second-order valence-corrected chi connectivity index (χ2v) is 11.6. The minimum absolute atomic E-state index is 0.151. The summed E-state index contributed by atoms with van der Waals surface area (Å²) in [6, 6.07) is 0. The molecule has 2 aromatic rings. The van der Waals surface area contributed by atoms with E-state index < -0.39 is 0 Å². The van der Waals surface area contributed by atoms with Gasteiger partial charge in [0.15, 0.2) is 5.16 Å². The van der Waals surface area contributed by atoms with Gasteiger partial charge in [-0.1, -0.05) is 11.8 Å². The van der Waals surface area contributed by atoms with Crippen molar-refractivity contribution in [1.82, 2.24) is 14.8 Å². The number of hydrogen-bond donors (Lipinski definition) is 1. The van der Waals surface area contributed by atoms with Crippen LogP contribution in [0.25, 0.3) is 0 Å². The van der Waals surface area contributed by atoms with Gasteiger partial charge in [-0.15, -0.1) is 21.5 Å². The van der Waals surface area contributed by atoms with Crippen LogP contribution in [0.4, 0.5) is 5.00 Å². The minimum Gasteiger partial charge on any atom is -0.459 e. The molecule has 1 atom stereocenters. The Morgan fingerprint density at radius 3 is 2.76 bits per heavy atom. The molecule has 1 unspecified atom stereocenters. The number of ether oxygens (including phenoxy) is 2. The number of esters is 1. The van der Waals surface area contributed by atoms with Crippen LogP contribution in [0, 0.1) is 0 Å². The molecule has 1 N–H and O–H groups in total. The van der Waals surface area contributed by atoms with Gasteiger partial charge in [-0.3, -0.25) is 4.79 Å². The lowest BCUT2D eigenvalue weighted by Gasteiger charge is -2.15. The van der Waals surface area contributed by atoms with E-state index in [1.54, 1.807) is 0 Å². The third-order valence-corrected chi connectivity index (χ3v) is 8.58. The first-order valence-corrected chi connectivity index (χ1v) is 14.1. The maximum absolute atomic E-state index is 12.9. The molecule has 3 aliphatic rings. The largest absolute Gasteiger partial charge is 0.459 e. The zero-order valence-corrected chi connectivity index (χ0v) is 21.4. The molecule has 0 aromatic carbocycles. The lowest BCUT2D eigenvalue weighted by Crippen LogP contribution is -2.20. The van der Waals surface area contributed by atoms with Gasteiger partial charge in [-0.25, -0.2) is 4.79 Å². The number of nitrogens with zero attached hydrogens (tertiary/aromatic N) is 3. The quantitative estimate of drug-likeness (QED) is 0.395. The van der Waals surface area contributed by atoms with Crippen molar-refractivity contribution in [3.63, 3.8) is 0 Å². The predicted molar refractivity (Wildman–Crippen MR) is 132 cm³/mol. The number of fused-ring (bicyclic) bond motifs is 1. The Morgan fingerprint density at radius 1 is 1.21 bits per heavy atom. The fourth-order valence-electron chi connectivity index (χ4n) is 4.65. The number of carbonyl (C=O) groups excluding carboxylic acids is 2. The maximum Gasteiger partial charge on any atom is 0.341 e. The highest BCUT2D eigenvalue weighted by atomic mass is 32.2. The molecule has 1 saturated heterocycles. The van der Waals surface area contributed by atoms with Gasteiger partial charge in [-0.05, 0) is 70.8 Å². The van der Waals surface area contributed by atoms with Gasteiger partial charge in [0.05, 0.1) is 30.1 Å². The lowest BCUT2D eigenvalue weighted by molar-refractivity contribution is -0.113. The van der Waals surface area contributed by atoms with Crippen LogP contribution in [0.3, 0.4) is 0 Å². The molecule has 1 saturated carbocycles. The van der Waals surface area contributed by atoms with Crippen molar-refractivity contribution in [2.45, 2.75) is 95.0 Å². The van der Waals surface area contributed by atoms with Gasteiger partial charge in [0.2, 0.25) is 5.91 Å². The van der Waals surface area contributed by atoms with Crippen LogP contribution in [-0.4, -0.2) is 51.2 Å². The third-order valence-electron chi connectivity index (χ3n) is 6.40. The molecule has 1 aliphatic heterocycles. The Kier molecular flexibility index (Phi) is 7.27. The molecule has 34 heavy (non-hydrogen) atoms. The zero-order chi connectivity index (χ0) is 23.7. The summed E-state index contributed by atoms with van der Waals surface area (Å²) in [4.78, 5) is 27.0. The first kappa shape index (κ1) is 23.8. The highest BCUT2D eigenvalue weighted by Crippen LogP contribution is 2.41. The van der Waals surface area contributed by atoms with Crippen LogP contribution >= 0.6 is 23.1 Å². The van der Waals surface area contributed by atoms with Crippen LogP contribution in [0.2, 0.25) is 0 Å². The highest BCUT2D eigenvalue weighted by molar-refractivity contribution is 7.99. The van der Waals surface area contributed by atoms with E-state index >= 15 is 0 Å². The number of hydrogen-bond acceptors (Lipinski definition) is 8. The summed E-state index contributed by atoms with van der Waals surface area (Å²) in [5.74, 6) is 1.20. The molecule has 1 amide bonds. The van der Waals surface area contributed by atoms with Crippen molar-refractivity contribution in [3.05, 3.63) is 21.8 Å². The van der Waals surface area contributed by atoms with E-state index in [4.69, 9.17) is 9.47 Å². The SMILES string of the molecule is CC(C)OC(=O)c1c(NC(=O)CSc2nnc(C3CC3)n2CC2CCCO2)sc2c1CCCC2. The van der Waals surface area contributed by atoms with Gasteiger partial charge in [0, 0.05) is 17.4 Å². The lowest BCUT2D eigenvalue weighted by atomic mass is 9.95. The van der Waals surface area contributed by atoms with E-state index in [0.29, 0.717) is 16.5 Å². The fraction of sp³-hybridized carbons (Fsp3) is 0.667. The second-order valence-electron chi connectivity index (χ2n) is 9.57. The van der Waals surface area contributed by atoms with Crippen LogP contribution < -0.4 is 5.32 Å². The second kappa shape index (κ2) is 10.4. The van der Waals surface area contributed by atoms with E-state index in [1.807, 2.05) is 13.8 Å². The molecule has 2 aromatic heterocycles. The number of thioether (sulfide) groups is 1. The average molecular weight is 505 g/mol. The van der Waals surface area contributed by atoms with Crippen molar-refractivity contribution in [1.29, 1.82) is 0 Å². The van der Waals surface area contributed by atoms with E-state index in [1.165, 1.54) is 28.0 Å². The summed E-state index contributed by atoms with van der Waals surface area (Å²) < 4.78 is 13.5. The predicted octanol–water partition coefficient (Wildman–Crippen LogP) is 4.57. The van der Waals surface area contributed by atoms with E-state index in [-0.39, 0.29) is 29.8 Å². The summed E-state index contributed by atoms with van der Waals surface area (Å²) in [7, 11) is 0. The van der Waals surface area contributed by atoms with E-state index in [0.717, 1.165) is 81.1 Å². The van der Waals surface area contributed by atoms with Gasteiger partial charge in [0.1, 0.15) is 10.8 Å². The topological polar surface area (TPSA) is 95.3 Å². The number of thiophene rings is 1. The molecule has 2 fully saturated rings. The Balaban J connectivity index is 1.28. The molecule has 0 spiro atoms. The van der Waals surface area contributed by atoms with Gasteiger partial charge in [-0.2, -0.15) is 0 Å². The van der Waals surface area contributed by atoms with Gasteiger partial charge >= 0.3 is 5.97 Å². The number of anilines is 1. The first-order chi connectivity index (χ1) is 16.5. The molecular weight excluding hydrogens is 472 g/mol. The van der Waals surface area contributed by atoms with E-state index in [2.05, 4.69) is 20.1 Å². The normalized spacial score (nSPS) is 19.9. The van der Waals surface area contributed by atoms with Crippen molar-refractivity contribution in [3.8, 4) is 0 Å². The number of aromatic nitrogens is 3. The number of amides is 1. The maximum atomic E-state index is 12.9.